The monoisotopic (exact) mass is 380 g/mol. The first-order valence-electron chi connectivity index (χ1n) is 7.06. The van der Waals surface area contributed by atoms with Crippen LogP contribution in [0.1, 0.15) is 10.4 Å². The summed E-state index contributed by atoms with van der Waals surface area (Å²) in [5.41, 5.74) is 0.349. The van der Waals surface area contributed by atoms with Crippen molar-refractivity contribution in [3.8, 4) is 5.75 Å². The van der Waals surface area contributed by atoms with Crippen LogP contribution in [0.4, 0.5) is 0 Å². The van der Waals surface area contributed by atoms with Crippen LogP contribution in [0.3, 0.4) is 0 Å². The molecule has 0 aliphatic carbocycles. The summed E-state index contributed by atoms with van der Waals surface area (Å²) in [5.74, 6) is 0.385. The number of rotatable bonds is 5. The Morgan fingerprint density at radius 2 is 1.83 bits per heavy atom. The average Bonchev–Trinajstić information content (AvgIpc) is 2.48. The van der Waals surface area contributed by atoms with Crippen molar-refractivity contribution in [1.29, 1.82) is 0 Å². The Morgan fingerprint density at radius 3 is 2.35 bits per heavy atom. The molecule has 0 saturated carbocycles. The van der Waals surface area contributed by atoms with E-state index in [2.05, 4.69) is 5.32 Å². The summed E-state index contributed by atoms with van der Waals surface area (Å²) in [4.78, 5) is 14.1. The van der Waals surface area contributed by atoms with Crippen molar-refractivity contribution in [2.45, 2.75) is 0 Å². The molecule has 0 spiro atoms. The van der Waals surface area contributed by atoms with Crippen molar-refractivity contribution >= 4 is 38.9 Å². The third kappa shape index (κ3) is 4.97. The molecule has 1 aliphatic rings. The van der Waals surface area contributed by atoms with Gasteiger partial charge in [-0.3, -0.25) is 9.69 Å². The summed E-state index contributed by atoms with van der Waals surface area (Å²) >= 11 is 12.0. The number of nitrogens with one attached hydrogen (secondary N) is 1. The molecule has 0 atom stereocenters. The minimum Gasteiger partial charge on any atom is -0.494 e. The van der Waals surface area contributed by atoms with Gasteiger partial charge in [-0.05, 0) is 12.1 Å². The van der Waals surface area contributed by atoms with Crippen molar-refractivity contribution in [2.75, 3.05) is 44.8 Å². The van der Waals surface area contributed by atoms with E-state index in [1.807, 2.05) is 4.90 Å². The number of carbonyl (C=O) groups excluding carboxylic acids is 1. The summed E-state index contributed by atoms with van der Waals surface area (Å²) < 4.78 is 27.7. The fraction of sp³-hybridized carbons (Fsp3) is 0.500. The van der Waals surface area contributed by atoms with Crippen LogP contribution in [-0.4, -0.2) is 64.0 Å². The maximum atomic E-state index is 12.1. The van der Waals surface area contributed by atoms with Crippen LogP contribution in [0.25, 0.3) is 0 Å². The molecular formula is C14H18Cl2N2O4S. The van der Waals surface area contributed by atoms with Crippen LogP contribution in [-0.2, 0) is 9.84 Å². The van der Waals surface area contributed by atoms with E-state index < -0.39 is 9.84 Å². The highest BCUT2D eigenvalue weighted by molar-refractivity contribution is 7.91. The first-order valence-corrected chi connectivity index (χ1v) is 9.64. The number of amides is 1. The summed E-state index contributed by atoms with van der Waals surface area (Å²) in [7, 11) is -1.44. The quantitative estimate of drug-likeness (QED) is 0.836. The van der Waals surface area contributed by atoms with Gasteiger partial charge in [0.2, 0.25) is 0 Å². The highest BCUT2D eigenvalue weighted by Gasteiger charge is 2.21. The van der Waals surface area contributed by atoms with Gasteiger partial charge in [-0.1, -0.05) is 23.2 Å². The number of nitrogens with zero attached hydrogens (tertiary/aromatic N) is 1. The Bertz CT molecular complexity index is 657. The lowest BCUT2D eigenvalue weighted by Crippen LogP contribution is -2.43. The number of hydrogen-bond acceptors (Lipinski definition) is 5. The number of hydrogen-bond donors (Lipinski definition) is 1. The van der Waals surface area contributed by atoms with E-state index in [0.717, 1.165) is 0 Å². The number of methoxy groups -OCH3 is 1. The van der Waals surface area contributed by atoms with E-state index in [1.165, 1.54) is 19.2 Å². The Morgan fingerprint density at radius 1 is 1.26 bits per heavy atom. The first-order chi connectivity index (χ1) is 10.8. The lowest BCUT2D eigenvalue weighted by molar-refractivity contribution is 0.0948. The van der Waals surface area contributed by atoms with Gasteiger partial charge in [-0.15, -0.1) is 0 Å². The zero-order chi connectivity index (χ0) is 17.0. The number of ether oxygens (including phenoxy) is 1. The molecule has 23 heavy (non-hydrogen) atoms. The average molecular weight is 381 g/mol. The third-order valence-corrected chi connectivity index (χ3v) is 5.79. The van der Waals surface area contributed by atoms with Crippen LogP contribution in [0.15, 0.2) is 12.1 Å². The van der Waals surface area contributed by atoms with Crippen molar-refractivity contribution in [2.24, 2.45) is 0 Å². The summed E-state index contributed by atoms with van der Waals surface area (Å²) in [6, 6.07) is 2.99. The Labute approximate surface area is 145 Å². The van der Waals surface area contributed by atoms with E-state index in [1.54, 1.807) is 0 Å². The molecule has 1 aliphatic heterocycles. The van der Waals surface area contributed by atoms with Crippen LogP contribution in [0.2, 0.25) is 10.0 Å². The Balaban J connectivity index is 1.86. The van der Waals surface area contributed by atoms with Crippen LogP contribution >= 0.6 is 23.2 Å². The molecule has 128 valence electrons. The lowest BCUT2D eigenvalue weighted by Gasteiger charge is -2.26. The van der Waals surface area contributed by atoms with Crippen molar-refractivity contribution in [3.63, 3.8) is 0 Å². The minimum absolute atomic E-state index is 0.171. The molecule has 1 saturated heterocycles. The van der Waals surface area contributed by atoms with Gasteiger partial charge in [0, 0.05) is 31.7 Å². The second-order valence-electron chi connectivity index (χ2n) is 5.22. The van der Waals surface area contributed by atoms with Gasteiger partial charge in [0.1, 0.15) is 0 Å². The van der Waals surface area contributed by atoms with E-state index in [0.29, 0.717) is 37.5 Å². The molecule has 0 unspecified atom stereocenters. The molecule has 2 rings (SSSR count). The molecule has 0 aromatic heterocycles. The molecule has 1 fully saturated rings. The van der Waals surface area contributed by atoms with E-state index in [-0.39, 0.29) is 27.5 Å². The molecule has 1 N–H and O–H groups in total. The molecule has 1 amide bonds. The van der Waals surface area contributed by atoms with Gasteiger partial charge >= 0.3 is 0 Å². The number of halogens is 2. The molecule has 0 bridgehead atoms. The fourth-order valence-electron chi connectivity index (χ4n) is 2.29. The predicted octanol–water partition coefficient (Wildman–Crippen LogP) is 1.46. The Hall–Kier alpha value is -1.02. The van der Waals surface area contributed by atoms with Gasteiger partial charge in [-0.2, -0.15) is 0 Å². The molecule has 1 heterocycles. The smallest absolute Gasteiger partial charge is 0.251 e. The largest absolute Gasteiger partial charge is 0.494 e. The van der Waals surface area contributed by atoms with Gasteiger partial charge in [0.15, 0.2) is 15.6 Å². The lowest BCUT2D eigenvalue weighted by atomic mass is 10.2. The second kappa shape index (κ2) is 7.70. The highest BCUT2D eigenvalue weighted by Crippen LogP contribution is 2.33. The summed E-state index contributed by atoms with van der Waals surface area (Å²) in [6.45, 7) is 2.01. The summed E-state index contributed by atoms with van der Waals surface area (Å²) in [5, 5.41) is 3.31. The number of sulfone groups is 1. The fourth-order valence-corrected chi connectivity index (χ4v) is 4.21. The normalized spacial score (nSPS) is 17.7. The third-order valence-electron chi connectivity index (χ3n) is 3.62. The van der Waals surface area contributed by atoms with Gasteiger partial charge < -0.3 is 10.1 Å². The van der Waals surface area contributed by atoms with Gasteiger partial charge in [0.25, 0.3) is 5.91 Å². The van der Waals surface area contributed by atoms with Crippen LogP contribution in [0, 0.1) is 0 Å². The number of carbonyl (C=O) groups is 1. The van der Waals surface area contributed by atoms with Crippen LogP contribution in [0.5, 0.6) is 5.75 Å². The van der Waals surface area contributed by atoms with E-state index in [4.69, 9.17) is 27.9 Å². The predicted molar refractivity (Wildman–Crippen MR) is 90.4 cm³/mol. The maximum Gasteiger partial charge on any atom is 0.251 e. The molecule has 1 aromatic carbocycles. The topological polar surface area (TPSA) is 75.7 Å². The van der Waals surface area contributed by atoms with Crippen molar-refractivity contribution < 1.29 is 17.9 Å². The van der Waals surface area contributed by atoms with Gasteiger partial charge in [0.05, 0.1) is 28.7 Å². The van der Waals surface area contributed by atoms with Crippen molar-refractivity contribution in [1.82, 2.24) is 10.2 Å². The SMILES string of the molecule is COc1c(Cl)cc(C(=O)NCCN2CCS(=O)(=O)CC2)cc1Cl. The summed E-state index contributed by atoms with van der Waals surface area (Å²) in [6.07, 6.45) is 0. The highest BCUT2D eigenvalue weighted by atomic mass is 35.5. The van der Waals surface area contributed by atoms with Crippen LogP contribution < -0.4 is 10.1 Å². The van der Waals surface area contributed by atoms with Crippen molar-refractivity contribution in [3.05, 3.63) is 27.7 Å². The second-order valence-corrected chi connectivity index (χ2v) is 8.34. The first kappa shape index (κ1) is 18.3. The minimum atomic E-state index is -2.89. The maximum absolute atomic E-state index is 12.1. The molecule has 9 heteroatoms. The zero-order valence-corrected chi connectivity index (χ0v) is 15.0. The molecule has 6 nitrogen and oxygen atoms in total. The molecule has 0 radical (unpaired) electrons. The molecule has 1 aromatic rings. The van der Waals surface area contributed by atoms with Gasteiger partial charge in [-0.25, -0.2) is 8.42 Å². The van der Waals surface area contributed by atoms with E-state index in [9.17, 15) is 13.2 Å². The number of benzene rings is 1. The standard InChI is InChI=1S/C14H18Cl2N2O4S/c1-22-13-11(15)8-10(9-12(13)16)14(19)17-2-3-18-4-6-23(20,21)7-5-18/h8-9H,2-7H2,1H3,(H,17,19). The zero-order valence-electron chi connectivity index (χ0n) is 12.6. The van der Waals surface area contributed by atoms with E-state index >= 15 is 0 Å². The molecular weight excluding hydrogens is 363 g/mol. The Kier molecular flexibility index (Phi) is 6.13.